The summed E-state index contributed by atoms with van der Waals surface area (Å²) >= 11 is 0. The second kappa shape index (κ2) is 3.60. The normalized spacial score (nSPS) is 10.5. The quantitative estimate of drug-likeness (QED) is 0.692. The minimum atomic E-state index is 0.439. The minimum absolute atomic E-state index is 0.439. The highest BCUT2D eigenvalue weighted by Gasteiger charge is 2.11. The van der Waals surface area contributed by atoms with Gasteiger partial charge in [0.2, 0.25) is 0 Å². The molecule has 0 saturated carbocycles. The maximum Gasteiger partial charge on any atom is 0.0719 e. The Morgan fingerprint density at radius 3 is 2.69 bits per heavy atom. The number of nitrogens with zero attached hydrogens (tertiary/aromatic N) is 2. The van der Waals surface area contributed by atoms with Gasteiger partial charge in [0.1, 0.15) is 0 Å². The van der Waals surface area contributed by atoms with Gasteiger partial charge in [-0.1, -0.05) is 27.0 Å². The largest absolute Gasteiger partial charge is 0.241 e. The molecule has 13 heavy (non-hydrogen) atoms. The zero-order valence-corrected chi connectivity index (χ0v) is 8.54. The number of aryl methyl sites for hydroxylation is 1. The topological polar surface area (TPSA) is 17.8 Å². The highest BCUT2D eigenvalue weighted by atomic mass is 15.3. The summed E-state index contributed by atoms with van der Waals surface area (Å²) in [6.45, 7) is 14.1. The van der Waals surface area contributed by atoms with Crippen molar-refractivity contribution < 1.29 is 0 Å². The van der Waals surface area contributed by atoms with E-state index in [2.05, 4.69) is 32.1 Å². The zero-order valence-electron chi connectivity index (χ0n) is 8.54. The summed E-state index contributed by atoms with van der Waals surface area (Å²) in [7, 11) is 0. The van der Waals surface area contributed by atoms with Gasteiger partial charge < -0.3 is 0 Å². The van der Waals surface area contributed by atoms with Gasteiger partial charge in [-0.2, -0.15) is 5.10 Å². The zero-order chi connectivity index (χ0) is 10.0. The van der Waals surface area contributed by atoms with Crippen molar-refractivity contribution in [2.24, 2.45) is 5.92 Å². The van der Waals surface area contributed by atoms with E-state index in [0.29, 0.717) is 5.92 Å². The molecule has 0 aliphatic heterocycles. The number of rotatable bonds is 3. The molecule has 1 aromatic heterocycles. The molecule has 0 saturated heterocycles. The van der Waals surface area contributed by atoms with Crippen LogP contribution < -0.4 is 0 Å². The van der Waals surface area contributed by atoms with Crippen LogP contribution in [0.1, 0.15) is 25.1 Å². The number of hydrogen-bond acceptors (Lipinski definition) is 1. The van der Waals surface area contributed by atoms with Crippen LogP contribution in [0, 0.1) is 12.8 Å². The average Bonchev–Trinajstić information content (AvgIpc) is 2.45. The van der Waals surface area contributed by atoms with Gasteiger partial charge in [0.25, 0.3) is 0 Å². The number of hydrogen-bond donors (Lipinski definition) is 0. The summed E-state index contributed by atoms with van der Waals surface area (Å²) in [4.78, 5) is 0. The van der Waals surface area contributed by atoms with E-state index in [4.69, 9.17) is 0 Å². The molecular weight excluding hydrogens is 160 g/mol. The van der Waals surface area contributed by atoms with Crippen molar-refractivity contribution in [3.05, 3.63) is 30.6 Å². The Morgan fingerprint density at radius 1 is 1.62 bits per heavy atom. The first kappa shape index (κ1) is 9.78. The predicted molar refractivity (Wildman–Crippen MR) is 57.2 cm³/mol. The Bertz CT molecular complexity index is 332. The third-order valence-corrected chi connectivity index (χ3v) is 2.15. The summed E-state index contributed by atoms with van der Waals surface area (Å²) < 4.78 is 1.78. The molecule has 0 aliphatic rings. The van der Waals surface area contributed by atoms with Crippen molar-refractivity contribution in [3.63, 3.8) is 0 Å². The molecule has 0 N–H and O–H groups in total. The molecule has 70 valence electrons. The molecule has 2 heteroatoms. The van der Waals surface area contributed by atoms with Gasteiger partial charge >= 0.3 is 0 Å². The molecule has 0 bridgehead atoms. The Hall–Kier alpha value is -1.31. The van der Waals surface area contributed by atoms with Crippen molar-refractivity contribution in [2.45, 2.75) is 20.8 Å². The fourth-order valence-corrected chi connectivity index (χ4v) is 1.26. The molecular formula is C11H16N2. The Labute approximate surface area is 79.6 Å². The van der Waals surface area contributed by atoms with Gasteiger partial charge in [0.05, 0.1) is 11.9 Å². The summed E-state index contributed by atoms with van der Waals surface area (Å²) in [6.07, 6.45) is 3.54. The summed E-state index contributed by atoms with van der Waals surface area (Å²) in [5.41, 5.74) is 3.35. The third kappa shape index (κ3) is 1.72. The van der Waals surface area contributed by atoms with Crippen molar-refractivity contribution in [1.82, 2.24) is 9.78 Å². The lowest BCUT2D eigenvalue weighted by molar-refractivity contribution is 0.827. The lowest BCUT2D eigenvalue weighted by Crippen LogP contribution is -2.00. The van der Waals surface area contributed by atoms with Crippen molar-refractivity contribution >= 4 is 11.8 Å². The fraction of sp³-hybridized carbons (Fsp3) is 0.364. The molecule has 1 heterocycles. The predicted octanol–water partition coefficient (Wildman–Crippen LogP) is 2.96. The van der Waals surface area contributed by atoms with Gasteiger partial charge in [0, 0.05) is 6.20 Å². The maximum atomic E-state index is 4.18. The monoisotopic (exact) mass is 176 g/mol. The van der Waals surface area contributed by atoms with E-state index >= 15 is 0 Å². The van der Waals surface area contributed by atoms with Crippen molar-refractivity contribution in [3.8, 4) is 0 Å². The van der Waals surface area contributed by atoms with Crippen molar-refractivity contribution in [2.75, 3.05) is 0 Å². The SMILES string of the molecule is C=Cn1ncc(C)c1C(=C)C(C)C. The smallest absolute Gasteiger partial charge is 0.0719 e. The summed E-state index contributed by atoms with van der Waals surface area (Å²) in [5, 5.41) is 4.18. The van der Waals surface area contributed by atoms with Crippen LogP contribution in [0.25, 0.3) is 11.8 Å². The maximum absolute atomic E-state index is 4.18. The Kier molecular flexibility index (Phi) is 2.71. The molecule has 1 aromatic rings. The number of aromatic nitrogens is 2. The molecule has 0 radical (unpaired) electrons. The van der Waals surface area contributed by atoms with E-state index in [-0.39, 0.29) is 0 Å². The van der Waals surface area contributed by atoms with E-state index in [1.807, 2.05) is 13.1 Å². The molecule has 0 amide bonds. The first-order valence-electron chi connectivity index (χ1n) is 4.43. The Morgan fingerprint density at radius 2 is 2.23 bits per heavy atom. The lowest BCUT2D eigenvalue weighted by atomic mass is 10.00. The molecule has 1 rings (SSSR count). The van der Waals surface area contributed by atoms with Crippen LogP contribution in [-0.2, 0) is 0 Å². The van der Waals surface area contributed by atoms with Crippen LogP contribution >= 0.6 is 0 Å². The van der Waals surface area contributed by atoms with Gasteiger partial charge in [-0.3, -0.25) is 0 Å². The van der Waals surface area contributed by atoms with Gasteiger partial charge in [-0.25, -0.2) is 4.68 Å². The molecule has 0 aromatic carbocycles. The van der Waals surface area contributed by atoms with Crippen LogP contribution in [0.2, 0.25) is 0 Å². The molecule has 0 atom stereocenters. The van der Waals surface area contributed by atoms with Crippen LogP contribution in [-0.4, -0.2) is 9.78 Å². The molecule has 0 spiro atoms. The first-order chi connectivity index (χ1) is 6.07. The molecule has 0 aliphatic carbocycles. The summed E-state index contributed by atoms with van der Waals surface area (Å²) in [5.74, 6) is 0.439. The van der Waals surface area contributed by atoms with Crippen LogP contribution in [0.5, 0.6) is 0 Å². The van der Waals surface area contributed by atoms with Gasteiger partial charge in [0.15, 0.2) is 0 Å². The van der Waals surface area contributed by atoms with Gasteiger partial charge in [-0.05, 0) is 24.0 Å². The third-order valence-electron chi connectivity index (χ3n) is 2.15. The standard InChI is InChI=1S/C11H16N2/c1-6-13-11(9(4)7-12-13)10(5)8(2)3/h6-8H,1,5H2,2-4H3. The second-order valence-corrected chi connectivity index (χ2v) is 3.48. The van der Waals surface area contributed by atoms with Crippen LogP contribution in [0.15, 0.2) is 19.4 Å². The highest BCUT2D eigenvalue weighted by Crippen LogP contribution is 2.23. The number of allylic oxidation sites excluding steroid dienone is 1. The van der Waals surface area contributed by atoms with E-state index in [1.54, 1.807) is 10.9 Å². The second-order valence-electron chi connectivity index (χ2n) is 3.48. The minimum Gasteiger partial charge on any atom is -0.241 e. The summed E-state index contributed by atoms with van der Waals surface area (Å²) in [6, 6.07) is 0. The van der Waals surface area contributed by atoms with E-state index in [0.717, 1.165) is 16.8 Å². The van der Waals surface area contributed by atoms with E-state index in [1.165, 1.54) is 0 Å². The molecule has 0 fully saturated rings. The Balaban J connectivity index is 3.18. The highest BCUT2D eigenvalue weighted by molar-refractivity contribution is 5.65. The van der Waals surface area contributed by atoms with Gasteiger partial charge in [-0.15, -0.1) is 0 Å². The van der Waals surface area contributed by atoms with Crippen LogP contribution in [0.3, 0.4) is 0 Å². The lowest BCUT2D eigenvalue weighted by Gasteiger charge is -2.10. The van der Waals surface area contributed by atoms with Crippen molar-refractivity contribution in [1.29, 1.82) is 0 Å². The average molecular weight is 176 g/mol. The van der Waals surface area contributed by atoms with E-state index < -0.39 is 0 Å². The molecule has 0 unspecified atom stereocenters. The van der Waals surface area contributed by atoms with E-state index in [9.17, 15) is 0 Å². The molecule has 2 nitrogen and oxygen atoms in total. The fourth-order valence-electron chi connectivity index (χ4n) is 1.26. The first-order valence-corrected chi connectivity index (χ1v) is 4.43. The van der Waals surface area contributed by atoms with Crippen LogP contribution in [0.4, 0.5) is 0 Å².